The predicted octanol–water partition coefficient (Wildman–Crippen LogP) is 3.47. The molecule has 17 atom stereocenters. The highest BCUT2D eigenvalue weighted by molar-refractivity contribution is 6.09. The number of ether oxygens (including phenoxy) is 5. The number of rotatable bonds is 10. The van der Waals surface area contributed by atoms with Gasteiger partial charge >= 0.3 is 0 Å². The zero-order valence-electron chi connectivity index (χ0n) is 34.6. The molecule has 7 fully saturated rings. The first-order valence-electron chi connectivity index (χ1n) is 21.2. The number of Topliss-reactive ketones (excluding diaryl/α,β-unsaturated/α-hetero) is 4. The highest BCUT2D eigenvalue weighted by atomic mass is 16.7. The van der Waals surface area contributed by atoms with Crippen LogP contribution in [0.3, 0.4) is 0 Å². The molecule has 7 aliphatic rings. The molecular formula is C43H66O13. The summed E-state index contributed by atoms with van der Waals surface area (Å²) in [5.74, 6) is -4.74. The first-order valence-corrected chi connectivity index (χ1v) is 21.2. The Balaban J connectivity index is 1.01. The van der Waals surface area contributed by atoms with Crippen LogP contribution in [0.4, 0.5) is 0 Å². The number of aliphatic hydroxyl groups excluding tert-OH is 1. The van der Waals surface area contributed by atoms with Gasteiger partial charge in [0.05, 0.1) is 38.6 Å². The Labute approximate surface area is 330 Å². The van der Waals surface area contributed by atoms with Crippen molar-refractivity contribution in [2.45, 2.75) is 166 Å². The van der Waals surface area contributed by atoms with Crippen LogP contribution in [0, 0.1) is 52.3 Å². The minimum Gasteiger partial charge on any atom is -0.394 e. The molecule has 0 aromatic heterocycles. The molecule has 56 heavy (non-hydrogen) atoms. The maximum Gasteiger partial charge on any atom is 0.270 e. The van der Waals surface area contributed by atoms with Crippen LogP contribution >= 0.6 is 0 Å². The van der Waals surface area contributed by atoms with Crippen molar-refractivity contribution in [1.82, 2.24) is 0 Å². The van der Waals surface area contributed by atoms with E-state index in [9.17, 15) is 39.6 Å². The Hall–Kier alpha value is -1.68. The van der Waals surface area contributed by atoms with Crippen LogP contribution in [-0.2, 0) is 42.9 Å². The van der Waals surface area contributed by atoms with Crippen LogP contribution in [0.5, 0.6) is 0 Å². The van der Waals surface area contributed by atoms with Crippen molar-refractivity contribution in [2.24, 2.45) is 52.3 Å². The average molecular weight is 791 g/mol. The Morgan fingerprint density at radius 3 is 2.00 bits per heavy atom. The molecule has 0 amide bonds. The molecule has 13 heteroatoms. The van der Waals surface area contributed by atoms with Crippen LogP contribution in [0.2, 0.25) is 0 Å². The summed E-state index contributed by atoms with van der Waals surface area (Å²) in [4.78, 5) is 52.4. The van der Waals surface area contributed by atoms with E-state index in [2.05, 4.69) is 27.7 Å². The summed E-state index contributed by atoms with van der Waals surface area (Å²) in [5.41, 5.74) is -10.1. The van der Waals surface area contributed by atoms with Crippen LogP contribution in [0.25, 0.3) is 0 Å². The summed E-state index contributed by atoms with van der Waals surface area (Å²) in [5, 5.41) is 45.4. The fraction of sp³-hybridized carbons (Fsp3) is 0.907. The normalized spacial score (nSPS) is 52.4. The van der Waals surface area contributed by atoms with E-state index in [1.807, 2.05) is 0 Å². The first kappa shape index (κ1) is 42.4. The van der Waals surface area contributed by atoms with Gasteiger partial charge in [-0.1, -0.05) is 27.7 Å². The second-order valence-corrected chi connectivity index (χ2v) is 19.6. The molecule has 0 aromatic carbocycles. The molecule has 4 saturated carbocycles. The lowest BCUT2D eigenvalue weighted by atomic mass is 9.44. The smallest absolute Gasteiger partial charge is 0.270 e. The number of carbonyl (C=O) groups is 4. The largest absolute Gasteiger partial charge is 0.394 e. The van der Waals surface area contributed by atoms with Gasteiger partial charge in [0.25, 0.3) is 5.79 Å². The Bertz CT molecular complexity index is 1590. The zero-order valence-corrected chi connectivity index (χ0v) is 34.6. The molecule has 3 heterocycles. The quantitative estimate of drug-likeness (QED) is 0.235. The van der Waals surface area contributed by atoms with E-state index in [0.29, 0.717) is 41.4 Å². The van der Waals surface area contributed by atoms with Crippen molar-refractivity contribution in [2.75, 3.05) is 26.4 Å². The maximum absolute atomic E-state index is 13.4. The van der Waals surface area contributed by atoms with Gasteiger partial charge in [-0.15, -0.1) is 0 Å². The molecule has 0 bridgehead atoms. The first-order chi connectivity index (χ1) is 26.1. The molecule has 0 radical (unpaired) electrons. The fourth-order valence-electron chi connectivity index (χ4n) is 14.1. The standard InChI is InChI=1S/C43H66O13/c1-23-11-16-39(54-22-23)24(2)36-34(55-39)20-33-31-10-9-29-19-30(12-14-37(29,7)32(31)13-15-38(33,36)8)52-17-18-53-43(28(6)48)42(51,27(5)47)41(50,26(4)46)40(49,25(3)45)35(21-44)56-43/h23-24,29-36,44,49-51H,9-22H2,1-8H3/t23-,24+,29+,30+,31-,32+,33+,34+,35-,36+,37+,38+,39-,40+,41+,42-,43-/m1/s1. The Morgan fingerprint density at radius 2 is 1.41 bits per heavy atom. The second-order valence-electron chi connectivity index (χ2n) is 19.6. The Kier molecular flexibility index (Phi) is 10.8. The number of hydrogen-bond acceptors (Lipinski definition) is 13. The van der Waals surface area contributed by atoms with Crippen LogP contribution < -0.4 is 0 Å². The van der Waals surface area contributed by atoms with Crippen LogP contribution in [0.15, 0.2) is 0 Å². The summed E-state index contributed by atoms with van der Waals surface area (Å²) in [6.07, 6.45) is 8.77. The summed E-state index contributed by atoms with van der Waals surface area (Å²) in [6, 6.07) is 0. The van der Waals surface area contributed by atoms with E-state index in [0.717, 1.165) is 79.2 Å². The van der Waals surface area contributed by atoms with Gasteiger partial charge in [-0.2, -0.15) is 0 Å². The molecule has 316 valence electrons. The van der Waals surface area contributed by atoms with Gasteiger partial charge in [-0.25, -0.2) is 0 Å². The third-order valence-corrected chi connectivity index (χ3v) is 17.1. The molecule has 3 saturated heterocycles. The van der Waals surface area contributed by atoms with Crippen molar-refractivity contribution >= 4 is 23.1 Å². The number of ketones is 4. The number of hydrogen-bond donors (Lipinski definition) is 4. The van der Waals surface area contributed by atoms with Gasteiger partial charge in [0.15, 0.2) is 34.5 Å². The molecule has 3 aliphatic heterocycles. The molecule has 4 N–H and O–H groups in total. The predicted molar refractivity (Wildman–Crippen MR) is 200 cm³/mol. The van der Waals surface area contributed by atoms with Crippen LogP contribution in [0.1, 0.15) is 120 Å². The van der Waals surface area contributed by atoms with Crippen molar-refractivity contribution in [3.63, 3.8) is 0 Å². The molecular weight excluding hydrogens is 724 g/mol. The second kappa shape index (κ2) is 14.2. The van der Waals surface area contributed by atoms with Crippen LogP contribution in [-0.4, -0.2) is 117 Å². The molecule has 1 spiro atoms. The number of aliphatic hydroxyl groups is 4. The van der Waals surface area contributed by atoms with Gasteiger partial charge in [0.2, 0.25) is 11.2 Å². The van der Waals surface area contributed by atoms with Crippen molar-refractivity contribution in [1.29, 1.82) is 0 Å². The minimum absolute atomic E-state index is 0.0860. The molecule has 4 aliphatic carbocycles. The lowest BCUT2D eigenvalue weighted by molar-refractivity contribution is -0.401. The lowest BCUT2D eigenvalue weighted by Crippen LogP contribution is -2.91. The van der Waals surface area contributed by atoms with Crippen molar-refractivity contribution in [3.05, 3.63) is 0 Å². The molecule has 0 aromatic rings. The highest BCUT2D eigenvalue weighted by Crippen LogP contribution is 2.71. The summed E-state index contributed by atoms with van der Waals surface area (Å²) < 4.78 is 31.3. The molecule has 13 nitrogen and oxygen atoms in total. The monoisotopic (exact) mass is 790 g/mol. The van der Waals surface area contributed by atoms with Gasteiger partial charge in [0.1, 0.15) is 6.10 Å². The third kappa shape index (κ3) is 5.50. The van der Waals surface area contributed by atoms with Crippen molar-refractivity contribution in [3.8, 4) is 0 Å². The van der Waals surface area contributed by atoms with E-state index >= 15 is 0 Å². The topological polar surface area (TPSA) is 195 Å². The zero-order chi connectivity index (χ0) is 41.0. The van der Waals surface area contributed by atoms with Gasteiger partial charge in [-0.3, -0.25) is 19.2 Å². The average Bonchev–Trinajstić information content (AvgIpc) is 3.59. The number of fused-ring (bicyclic) bond motifs is 7. The van der Waals surface area contributed by atoms with E-state index in [1.165, 1.54) is 19.3 Å². The summed E-state index contributed by atoms with van der Waals surface area (Å²) in [7, 11) is 0. The summed E-state index contributed by atoms with van der Waals surface area (Å²) >= 11 is 0. The SMILES string of the molecule is CC(=O)[C@@]1(OCCO[C@H]2CC[C@@]3(C)[C@@H](CC[C@@H]4[C@@H]3CC[C@]3(C)[C@@H]5[C@H](C[C@@H]43)O[C@]3(CC[C@@H](C)CO3)[C@H]5C)C2)O[C@H](CO)[C@@](O)(C(C)=O)[C@@](O)(C(C)=O)[C@]1(O)C(C)=O. The van der Waals surface area contributed by atoms with Crippen molar-refractivity contribution < 1.29 is 63.3 Å². The van der Waals surface area contributed by atoms with E-state index in [4.69, 9.17) is 23.7 Å². The maximum atomic E-state index is 13.4. The lowest BCUT2D eigenvalue weighted by Gasteiger charge is -2.61. The fourth-order valence-corrected chi connectivity index (χ4v) is 14.1. The van der Waals surface area contributed by atoms with E-state index in [-0.39, 0.29) is 29.6 Å². The summed E-state index contributed by atoms with van der Waals surface area (Å²) in [6.45, 7) is 12.1. The Morgan fingerprint density at radius 1 is 0.732 bits per heavy atom. The molecule has 0 unspecified atom stereocenters. The van der Waals surface area contributed by atoms with E-state index < -0.39 is 70.8 Å². The third-order valence-electron chi connectivity index (χ3n) is 17.1. The van der Waals surface area contributed by atoms with Gasteiger partial charge in [0, 0.05) is 19.3 Å². The van der Waals surface area contributed by atoms with Gasteiger partial charge < -0.3 is 44.1 Å². The number of carbonyl (C=O) groups excluding carboxylic acids is 4. The molecule has 7 rings (SSSR count). The highest BCUT2D eigenvalue weighted by Gasteiger charge is 2.84. The van der Waals surface area contributed by atoms with Gasteiger partial charge in [-0.05, 0) is 125 Å². The minimum atomic E-state index is -3.62. The van der Waals surface area contributed by atoms with E-state index in [1.54, 1.807) is 0 Å².